The number of rotatable bonds is 2. The zero-order valence-corrected chi connectivity index (χ0v) is 10.5. The molecular formula is C11H8ClF3N2O3. The van der Waals surface area contributed by atoms with E-state index < -0.39 is 35.5 Å². The van der Waals surface area contributed by atoms with Gasteiger partial charge in [-0.2, -0.15) is 13.2 Å². The van der Waals surface area contributed by atoms with Gasteiger partial charge in [0, 0.05) is 5.02 Å². The molecule has 20 heavy (non-hydrogen) atoms. The number of hydrogen-bond acceptors (Lipinski definition) is 3. The zero-order chi connectivity index (χ0) is 14.9. The Morgan fingerprint density at radius 3 is 2.70 bits per heavy atom. The summed E-state index contributed by atoms with van der Waals surface area (Å²) in [4.78, 5) is 22.5. The number of carbonyl (C=O) groups excluding carboxylic acids is 2. The average Bonchev–Trinajstić information content (AvgIpc) is 2.77. The van der Waals surface area contributed by atoms with E-state index >= 15 is 0 Å². The minimum absolute atomic E-state index is 0.104. The maximum Gasteiger partial charge on any atom is 0.418 e. The number of ether oxygens (including phenoxy) is 1. The van der Waals surface area contributed by atoms with Gasteiger partial charge < -0.3 is 15.4 Å². The number of amides is 2. The van der Waals surface area contributed by atoms with Crippen LogP contribution in [0.15, 0.2) is 18.2 Å². The first-order valence-corrected chi connectivity index (χ1v) is 5.76. The van der Waals surface area contributed by atoms with Crippen LogP contribution in [0.2, 0.25) is 5.02 Å². The van der Waals surface area contributed by atoms with Gasteiger partial charge in [-0.3, -0.25) is 4.79 Å². The second kappa shape index (κ2) is 5.20. The molecule has 0 aromatic heterocycles. The van der Waals surface area contributed by atoms with Gasteiger partial charge in [-0.25, -0.2) is 4.79 Å². The van der Waals surface area contributed by atoms with Gasteiger partial charge in [-0.15, -0.1) is 0 Å². The maximum atomic E-state index is 12.8. The van der Waals surface area contributed by atoms with E-state index in [0.717, 1.165) is 6.07 Å². The summed E-state index contributed by atoms with van der Waals surface area (Å²) in [6.07, 6.45) is -5.46. The van der Waals surface area contributed by atoms with Crippen molar-refractivity contribution in [3.63, 3.8) is 0 Å². The van der Waals surface area contributed by atoms with E-state index in [2.05, 4.69) is 15.4 Å². The first-order valence-electron chi connectivity index (χ1n) is 5.38. The third-order valence-electron chi connectivity index (χ3n) is 2.53. The lowest BCUT2D eigenvalue weighted by atomic mass is 10.1. The highest BCUT2D eigenvalue weighted by molar-refractivity contribution is 6.30. The highest BCUT2D eigenvalue weighted by atomic mass is 35.5. The molecule has 0 saturated carbocycles. The summed E-state index contributed by atoms with van der Waals surface area (Å²) in [6, 6.07) is 1.94. The molecule has 2 N–H and O–H groups in total. The molecule has 1 heterocycles. The van der Waals surface area contributed by atoms with E-state index in [4.69, 9.17) is 11.6 Å². The lowest BCUT2D eigenvalue weighted by Gasteiger charge is -2.15. The zero-order valence-electron chi connectivity index (χ0n) is 9.75. The fourth-order valence-corrected chi connectivity index (χ4v) is 1.78. The molecule has 0 aliphatic carbocycles. The van der Waals surface area contributed by atoms with E-state index in [9.17, 15) is 22.8 Å². The predicted molar refractivity (Wildman–Crippen MR) is 63.4 cm³/mol. The Balaban J connectivity index is 2.21. The van der Waals surface area contributed by atoms with Crippen LogP contribution in [0.1, 0.15) is 5.56 Å². The van der Waals surface area contributed by atoms with Crippen LogP contribution in [0.5, 0.6) is 0 Å². The molecule has 108 valence electrons. The molecule has 1 aromatic carbocycles. The lowest BCUT2D eigenvalue weighted by molar-refractivity contribution is -0.137. The molecular weight excluding hydrogens is 301 g/mol. The van der Waals surface area contributed by atoms with Crippen molar-refractivity contribution in [1.82, 2.24) is 5.32 Å². The summed E-state index contributed by atoms with van der Waals surface area (Å²) in [7, 11) is 0. The molecule has 1 aromatic rings. The molecule has 1 atom stereocenters. The number of hydrogen-bond donors (Lipinski definition) is 2. The second-order valence-electron chi connectivity index (χ2n) is 3.97. The van der Waals surface area contributed by atoms with Crippen molar-refractivity contribution in [2.45, 2.75) is 12.2 Å². The molecule has 2 rings (SSSR count). The molecule has 2 amide bonds. The minimum atomic E-state index is -4.66. The van der Waals surface area contributed by atoms with Crippen molar-refractivity contribution < 1.29 is 27.5 Å². The Bertz CT molecular complexity index is 562. The molecule has 0 spiro atoms. The molecule has 1 saturated heterocycles. The van der Waals surface area contributed by atoms with Crippen molar-refractivity contribution in [2.75, 3.05) is 11.9 Å². The number of nitrogens with one attached hydrogen (secondary N) is 2. The van der Waals surface area contributed by atoms with E-state index in [1.807, 2.05) is 0 Å². The van der Waals surface area contributed by atoms with E-state index in [-0.39, 0.29) is 11.6 Å². The Morgan fingerprint density at radius 2 is 2.15 bits per heavy atom. The van der Waals surface area contributed by atoms with Gasteiger partial charge >= 0.3 is 12.3 Å². The Morgan fingerprint density at radius 1 is 1.45 bits per heavy atom. The SMILES string of the molecule is O=C1NC(C(=O)Nc2ccc(Cl)cc2C(F)(F)F)CO1. The van der Waals surface area contributed by atoms with Gasteiger partial charge in [-0.1, -0.05) is 11.6 Å². The van der Waals surface area contributed by atoms with Gasteiger partial charge in [0.15, 0.2) is 0 Å². The largest absolute Gasteiger partial charge is 0.447 e. The van der Waals surface area contributed by atoms with Crippen LogP contribution in [-0.2, 0) is 15.7 Å². The number of carbonyl (C=O) groups is 2. The van der Waals surface area contributed by atoms with Crippen molar-refractivity contribution in [3.05, 3.63) is 28.8 Å². The van der Waals surface area contributed by atoms with E-state index in [1.165, 1.54) is 6.07 Å². The summed E-state index contributed by atoms with van der Waals surface area (Å²) in [5, 5.41) is 4.15. The fourth-order valence-electron chi connectivity index (χ4n) is 1.61. The smallest absolute Gasteiger partial charge is 0.418 e. The molecule has 1 aliphatic rings. The number of alkyl carbamates (subject to hydrolysis) is 1. The van der Waals surface area contributed by atoms with Crippen LogP contribution < -0.4 is 10.6 Å². The number of alkyl halides is 3. The lowest BCUT2D eigenvalue weighted by Crippen LogP contribution is -2.39. The van der Waals surface area contributed by atoms with Gasteiger partial charge in [0.1, 0.15) is 12.6 Å². The summed E-state index contributed by atoms with van der Waals surface area (Å²) in [5.74, 6) is -0.802. The summed E-state index contributed by atoms with van der Waals surface area (Å²) in [5.41, 5.74) is -1.50. The number of benzene rings is 1. The van der Waals surface area contributed by atoms with Crippen LogP contribution >= 0.6 is 11.6 Å². The summed E-state index contributed by atoms with van der Waals surface area (Å²) >= 11 is 5.52. The van der Waals surface area contributed by atoms with Gasteiger partial charge in [0.05, 0.1) is 11.3 Å². The van der Waals surface area contributed by atoms with Crippen molar-refractivity contribution in [1.29, 1.82) is 0 Å². The number of halogens is 4. The highest BCUT2D eigenvalue weighted by Crippen LogP contribution is 2.36. The Hall–Kier alpha value is -1.96. The molecule has 0 bridgehead atoms. The van der Waals surface area contributed by atoms with Gasteiger partial charge in [-0.05, 0) is 18.2 Å². The Kier molecular flexibility index (Phi) is 3.76. The molecule has 1 aliphatic heterocycles. The standard InChI is InChI=1S/C11H8ClF3N2O3/c12-5-1-2-7(6(3-5)11(13,14)15)16-9(18)8-4-20-10(19)17-8/h1-3,8H,4H2,(H,16,18)(H,17,19). The normalized spacial score (nSPS) is 18.4. The topological polar surface area (TPSA) is 67.4 Å². The number of cyclic esters (lactones) is 1. The maximum absolute atomic E-state index is 12.8. The average molecular weight is 309 g/mol. The number of anilines is 1. The van der Waals surface area contributed by atoms with Crippen LogP contribution in [0, 0.1) is 0 Å². The third-order valence-corrected chi connectivity index (χ3v) is 2.77. The molecule has 9 heteroatoms. The summed E-state index contributed by atoms with van der Waals surface area (Å²) < 4.78 is 42.9. The van der Waals surface area contributed by atoms with Crippen LogP contribution in [0.25, 0.3) is 0 Å². The van der Waals surface area contributed by atoms with Crippen molar-refractivity contribution in [2.24, 2.45) is 0 Å². The molecule has 5 nitrogen and oxygen atoms in total. The van der Waals surface area contributed by atoms with Crippen molar-refractivity contribution >= 4 is 29.3 Å². The summed E-state index contributed by atoms with van der Waals surface area (Å²) in [6.45, 7) is -0.237. The van der Waals surface area contributed by atoms with Gasteiger partial charge in [0.2, 0.25) is 0 Å². The molecule has 1 unspecified atom stereocenters. The van der Waals surface area contributed by atoms with Crippen LogP contribution in [-0.4, -0.2) is 24.6 Å². The highest BCUT2D eigenvalue weighted by Gasteiger charge is 2.35. The first kappa shape index (κ1) is 14.4. The van der Waals surface area contributed by atoms with Crippen molar-refractivity contribution in [3.8, 4) is 0 Å². The molecule has 0 radical (unpaired) electrons. The minimum Gasteiger partial charge on any atom is -0.447 e. The first-order chi connectivity index (χ1) is 9.27. The van der Waals surface area contributed by atoms with Gasteiger partial charge in [0.25, 0.3) is 5.91 Å². The Labute approximate surface area is 116 Å². The second-order valence-corrected chi connectivity index (χ2v) is 4.41. The third kappa shape index (κ3) is 3.13. The fraction of sp³-hybridized carbons (Fsp3) is 0.273. The van der Waals surface area contributed by atoms with E-state index in [1.54, 1.807) is 0 Å². The quantitative estimate of drug-likeness (QED) is 0.881. The van der Waals surface area contributed by atoms with Crippen LogP contribution in [0.4, 0.5) is 23.7 Å². The van der Waals surface area contributed by atoms with E-state index in [0.29, 0.717) is 6.07 Å². The predicted octanol–water partition coefficient (Wildman–Crippen LogP) is 2.41. The van der Waals surface area contributed by atoms with Crippen LogP contribution in [0.3, 0.4) is 0 Å². The molecule has 1 fully saturated rings. The monoisotopic (exact) mass is 308 g/mol.